The van der Waals surface area contributed by atoms with E-state index < -0.39 is 4.92 Å². The third-order valence-corrected chi connectivity index (χ3v) is 2.15. The molecule has 0 saturated heterocycles. The maximum atomic E-state index is 10.5. The van der Waals surface area contributed by atoms with Crippen LogP contribution in [0.5, 0.6) is 0 Å². The Bertz CT molecular complexity index is 560. The molecule has 0 amide bonds. The van der Waals surface area contributed by atoms with Gasteiger partial charge in [0.2, 0.25) is 11.8 Å². The van der Waals surface area contributed by atoms with Gasteiger partial charge in [-0.2, -0.15) is 4.98 Å². The molecule has 0 bridgehead atoms. The molecule has 92 valence electrons. The molecule has 0 radical (unpaired) electrons. The van der Waals surface area contributed by atoms with Crippen LogP contribution in [0.1, 0.15) is 5.69 Å². The molecular weight excluding hydrogens is 236 g/mol. The van der Waals surface area contributed by atoms with Gasteiger partial charge in [-0.3, -0.25) is 15.1 Å². The number of nitro groups is 1. The average Bonchev–Trinajstić information content (AvgIpc) is 2.37. The van der Waals surface area contributed by atoms with Gasteiger partial charge >= 0.3 is 5.69 Å². The van der Waals surface area contributed by atoms with Gasteiger partial charge in [-0.1, -0.05) is 6.07 Å². The van der Waals surface area contributed by atoms with E-state index >= 15 is 0 Å². The van der Waals surface area contributed by atoms with Crippen molar-refractivity contribution in [2.45, 2.75) is 6.54 Å². The van der Waals surface area contributed by atoms with E-state index in [0.29, 0.717) is 6.54 Å². The molecule has 8 nitrogen and oxygen atoms in total. The molecule has 0 aliphatic heterocycles. The zero-order valence-electron chi connectivity index (χ0n) is 9.28. The van der Waals surface area contributed by atoms with Crippen molar-refractivity contribution in [1.82, 2.24) is 15.0 Å². The molecule has 2 heterocycles. The highest BCUT2D eigenvalue weighted by Crippen LogP contribution is 2.18. The minimum absolute atomic E-state index is 0.168. The van der Waals surface area contributed by atoms with Crippen molar-refractivity contribution in [2.75, 3.05) is 11.1 Å². The van der Waals surface area contributed by atoms with Crippen LogP contribution in [0.25, 0.3) is 0 Å². The van der Waals surface area contributed by atoms with Crippen molar-refractivity contribution >= 4 is 17.5 Å². The van der Waals surface area contributed by atoms with Gasteiger partial charge in [-0.25, -0.2) is 4.98 Å². The van der Waals surface area contributed by atoms with Crippen LogP contribution in [0.15, 0.2) is 30.6 Å². The largest absolute Gasteiger partial charge is 0.378 e. The fourth-order valence-electron chi connectivity index (χ4n) is 1.29. The summed E-state index contributed by atoms with van der Waals surface area (Å²) in [4.78, 5) is 21.6. The number of pyridine rings is 1. The maximum absolute atomic E-state index is 10.5. The highest BCUT2D eigenvalue weighted by molar-refractivity contribution is 5.53. The van der Waals surface area contributed by atoms with E-state index in [2.05, 4.69) is 20.3 Å². The van der Waals surface area contributed by atoms with Crippen LogP contribution in [-0.4, -0.2) is 19.9 Å². The lowest BCUT2D eigenvalue weighted by Gasteiger charge is -2.04. The zero-order valence-corrected chi connectivity index (χ0v) is 9.28. The third-order valence-electron chi connectivity index (χ3n) is 2.15. The second-order valence-corrected chi connectivity index (χ2v) is 3.40. The molecule has 0 spiro atoms. The summed E-state index contributed by atoms with van der Waals surface area (Å²) in [6.45, 7) is 0.415. The van der Waals surface area contributed by atoms with Gasteiger partial charge in [0.05, 0.1) is 17.2 Å². The molecule has 8 heteroatoms. The molecule has 0 atom stereocenters. The van der Waals surface area contributed by atoms with Crippen LogP contribution in [0.2, 0.25) is 0 Å². The van der Waals surface area contributed by atoms with Crippen molar-refractivity contribution in [3.63, 3.8) is 0 Å². The van der Waals surface area contributed by atoms with Crippen molar-refractivity contribution in [1.29, 1.82) is 0 Å². The smallest absolute Gasteiger partial charge is 0.329 e. The Morgan fingerprint density at radius 2 is 2.22 bits per heavy atom. The third kappa shape index (κ3) is 2.67. The molecule has 0 aliphatic rings. The summed E-state index contributed by atoms with van der Waals surface area (Å²) in [7, 11) is 0. The first-order chi connectivity index (χ1) is 8.66. The SMILES string of the molecule is Nc1nc(NCc2ccccn2)ncc1[N+](=O)[O-]. The molecule has 2 rings (SSSR count). The minimum Gasteiger partial charge on any atom is -0.378 e. The van der Waals surface area contributed by atoms with E-state index in [1.54, 1.807) is 6.20 Å². The molecule has 2 aromatic heterocycles. The quantitative estimate of drug-likeness (QED) is 0.609. The summed E-state index contributed by atoms with van der Waals surface area (Å²) >= 11 is 0. The Labute approximate surface area is 102 Å². The van der Waals surface area contributed by atoms with E-state index in [-0.39, 0.29) is 17.5 Å². The molecule has 18 heavy (non-hydrogen) atoms. The minimum atomic E-state index is -0.627. The van der Waals surface area contributed by atoms with Crippen molar-refractivity contribution in [3.8, 4) is 0 Å². The molecular formula is C10H10N6O2. The number of anilines is 2. The van der Waals surface area contributed by atoms with E-state index in [0.717, 1.165) is 11.9 Å². The topological polar surface area (TPSA) is 120 Å². The zero-order chi connectivity index (χ0) is 13.0. The predicted molar refractivity (Wildman–Crippen MR) is 64.7 cm³/mol. The van der Waals surface area contributed by atoms with Crippen LogP contribution >= 0.6 is 0 Å². The normalized spacial score (nSPS) is 10.0. The summed E-state index contributed by atoms with van der Waals surface area (Å²) in [6.07, 6.45) is 2.74. The summed E-state index contributed by atoms with van der Waals surface area (Å²) in [5.41, 5.74) is 5.94. The lowest BCUT2D eigenvalue weighted by atomic mass is 10.3. The lowest BCUT2D eigenvalue weighted by Crippen LogP contribution is -2.07. The highest BCUT2D eigenvalue weighted by atomic mass is 16.6. The fourth-order valence-corrected chi connectivity index (χ4v) is 1.29. The summed E-state index contributed by atoms with van der Waals surface area (Å²) in [5, 5.41) is 13.4. The summed E-state index contributed by atoms with van der Waals surface area (Å²) < 4.78 is 0. The Morgan fingerprint density at radius 3 is 2.83 bits per heavy atom. The molecule has 0 unspecified atom stereocenters. The monoisotopic (exact) mass is 246 g/mol. The van der Waals surface area contributed by atoms with E-state index in [1.165, 1.54) is 0 Å². The van der Waals surface area contributed by atoms with Crippen molar-refractivity contribution in [2.24, 2.45) is 0 Å². The first-order valence-electron chi connectivity index (χ1n) is 5.07. The molecule has 2 aromatic rings. The number of nitrogen functional groups attached to an aromatic ring is 1. The van der Waals surface area contributed by atoms with Crippen LogP contribution in [0, 0.1) is 10.1 Å². The van der Waals surface area contributed by atoms with Crippen LogP contribution in [0.4, 0.5) is 17.5 Å². The summed E-state index contributed by atoms with van der Waals surface area (Å²) in [6, 6.07) is 5.50. The van der Waals surface area contributed by atoms with Gasteiger partial charge in [-0.05, 0) is 12.1 Å². The Balaban J connectivity index is 2.07. The lowest BCUT2D eigenvalue weighted by molar-refractivity contribution is -0.384. The Kier molecular flexibility index (Phi) is 3.28. The Morgan fingerprint density at radius 1 is 1.39 bits per heavy atom. The number of nitrogens with one attached hydrogen (secondary N) is 1. The van der Waals surface area contributed by atoms with Gasteiger partial charge < -0.3 is 11.1 Å². The van der Waals surface area contributed by atoms with Gasteiger partial charge in [-0.15, -0.1) is 0 Å². The highest BCUT2D eigenvalue weighted by Gasteiger charge is 2.13. The number of aromatic nitrogens is 3. The first kappa shape index (κ1) is 11.7. The van der Waals surface area contributed by atoms with Crippen LogP contribution in [0.3, 0.4) is 0 Å². The van der Waals surface area contributed by atoms with Gasteiger partial charge in [0.15, 0.2) is 0 Å². The van der Waals surface area contributed by atoms with Crippen molar-refractivity contribution in [3.05, 3.63) is 46.4 Å². The van der Waals surface area contributed by atoms with Gasteiger partial charge in [0.25, 0.3) is 0 Å². The second kappa shape index (κ2) is 5.04. The van der Waals surface area contributed by atoms with E-state index in [1.807, 2.05) is 18.2 Å². The second-order valence-electron chi connectivity index (χ2n) is 3.40. The standard InChI is InChI=1S/C10H10N6O2/c11-9-8(16(17)18)6-14-10(15-9)13-5-7-3-1-2-4-12-7/h1-4,6H,5H2,(H3,11,13,14,15). The number of hydrogen-bond donors (Lipinski definition) is 2. The Hall–Kier alpha value is -2.77. The molecule has 0 aliphatic carbocycles. The number of rotatable bonds is 4. The van der Waals surface area contributed by atoms with Crippen LogP contribution < -0.4 is 11.1 Å². The first-order valence-corrected chi connectivity index (χ1v) is 5.07. The maximum Gasteiger partial charge on any atom is 0.329 e. The molecule has 3 N–H and O–H groups in total. The molecule has 0 saturated carbocycles. The molecule has 0 fully saturated rings. The van der Waals surface area contributed by atoms with E-state index in [9.17, 15) is 10.1 Å². The molecule has 0 aromatic carbocycles. The van der Waals surface area contributed by atoms with E-state index in [4.69, 9.17) is 5.73 Å². The fraction of sp³-hybridized carbons (Fsp3) is 0.100. The number of nitrogens with zero attached hydrogens (tertiary/aromatic N) is 4. The predicted octanol–water partition coefficient (Wildman–Crippen LogP) is 0.974. The average molecular weight is 246 g/mol. The van der Waals surface area contributed by atoms with Crippen LogP contribution in [-0.2, 0) is 6.54 Å². The summed E-state index contributed by atoms with van der Waals surface area (Å²) in [5.74, 6) is 0.0577. The number of hydrogen-bond acceptors (Lipinski definition) is 7. The van der Waals surface area contributed by atoms with Gasteiger partial charge in [0, 0.05) is 6.20 Å². The number of nitrogens with two attached hydrogens (primary N) is 1. The van der Waals surface area contributed by atoms with Gasteiger partial charge in [0.1, 0.15) is 6.20 Å². The van der Waals surface area contributed by atoms with Crippen molar-refractivity contribution < 1.29 is 4.92 Å².